The third-order valence-electron chi connectivity index (χ3n) is 2.80. The lowest BCUT2D eigenvalue weighted by Gasteiger charge is -2.29. The van der Waals surface area contributed by atoms with Crippen LogP contribution in [0.25, 0.3) is 0 Å². The minimum atomic E-state index is -0.414. The van der Waals surface area contributed by atoms with Gasteiger partial charge >= 0.3 is 5.97 Å². The van der Waals surface area contributed by atoms with Crippen LogP contribution in [0.4, 0.5) is 5.69 Å². The molecule has 0 aromatic heterocycles. The predicted octanol–water partition coefficient (Wildman–Crippen LogP) is 0.564. The summed E-state index contributed by atoms with van der Waals surface area (Å²) in [7, 11) is 0. The minimum Gasteiger partial charge on any atom is -0.423 e. The zero-order chi connectivity index (χ0) is 14.5. The summed E-state index contributed by atoms with van der Waals surface area (Å²) in [5.41, 5.74) is 0.620. The van der Waals surface area contributed by atoms with Crippen molar-refractivity contribution in [3.8, 4) is 5.75 Å². The van der Waals surface area contributed by atoms with Gasteiger partial charge in [0.2, 0.25) is 5.91 Å². The van der Waals surface area contributed by atoms with Crippen LogP contribution in [0.1, 0.15) is 6.42 Å². The van der Waals surface area contributed by atoms with Gasteiger partial charge in [0.15, 0.2) is 5.75 Å². The molecule has 1 aromatic carbocycles. The van der Waals surface area contributed by atoms with Gasteiger partial charge in [-0.25, -0.2) is 4.79 Å². The highest BCUT2D eigenvalue weighted by Crippen LogP contribution is 2.34. The Morgan fingerprint density at radius 3 is 3.05 bits per heavy atom. The summed E-state index contributed by atoms with van der Waals surface area (Å²) < 4.78 is 5.09. The maximum atomic E-state index is 11.8. The number of fused-ring (bicyclic) bond motifs is 1. The highest BCUT2D eigenvalue weighted by atomic mass is 35.5. The molecule has 0 radical (unpaired) electrons. The number of esters is 1. The number of aliphatic hydroxyl groups excluding tert-OH is 1. The molecule has 1 amide bonds. The van der Waals surface area contributed by atoms with E-state index in [1.54, 1.807) is 23.1 Å². The molecule has 0 fully saturated rings. The molecule has 1 aliphatic rings. The van der Waals surface area contributed by atoms with Crippen molar-refractivity contribution >= 4 is 29.2 Å². The molecule has 0 bridgehead atoms. The summed E-state index contributed by atoms with van der Waals surface area (Å²) >= 11 is 5.92. The monoisotopic (exact) mass is 298 g/mol. The summed E-state index contributed by atoms with van der Waals surface area (Å²) in [4.78, 5) is 24.9. The van der Waals surface area contributed by atoms with Crippen molar-refractivity contribution in [3.63, 3.8) is 0 Å². The van der Waals surface area contributed by atoms with Gasteiger partial charge in [0.1, 0.15) is 6.54 Å². The van der Waals surface area contributed by atoms with Crippen molar-refractivity contribution < 1.29 is 19.4 Å². The van der Waals surface area contributed by atoms with Crippen LogP contribution in [-0.4, -0.2) is 43.2 Å². The number of halogens is 1. The number of hydrogen-bond acceptors (Lipinski definition) is 5. The second-order valence-electron chi connectivity index (χ2n) is 4.37. The van der Waals surface area contributed by atoms with E-state index in [2.05, 4.69) is 5.32 Å². The average Bonchev–Trinajstić information content (AvgIpc) is 2.40. The van der Waals surface area contributed by atoms with Crippen LogP contribution in [0.2, 0.25) is 5.02 Å². The fraction of sp³-hybridized carbons (Fsp3) is 0.385. The Labute approximate surface area is 121 Å². The number of nitrogens with zero attached hydrogens (tertiary/aromatic N) is 1. The van der Waals surface area contributed by atoms with E-state index in [0.29, 0.717) is 29.4 Å². The standard InChI is InChI=1S/C13H15ClN2O4/c14-9-2-3-11-10(6-9)16(8-13(19)20-11)7-12(18)15-4-1-5-17/h2-3,6,17H,1,4-5,7-8H2,(H,15,18). The number of anilines is 1. The van der Waals surface area contributed by atoms with Crippen LogP contribution in [0.3, 0.4) is 0 Å². The molecule has 0 saturated carbocycles. The molecule has 0 atom stereocenters. The number of amides is 1. The zero-order valence-corrected chi connectivity index (χ0v) is 11.5. The summed E-state index contributed by atoms with van der Waals surface area (Å²) in [5, 5.41) is 11.8. The highest BCUT2D eigenvalue weighted by molar-refractivity contribution is 6.31. The largest absolute Gasteiger partial charge is 0.423 e. The molecule has 0 unspecified atom stereocenters. The van der Waals surface area contributed by atoms with Gasteiger partial charge in [-0.3, -0.25) is 4.79 Å². The smallest absolute Gasteiger partial charge is 0.331 e. The predicted molar refractivity (Wildman–Crippen MR) is 74.0 cm³/mol. The third kappa shape index (κ3) is 3.61. The first-order chi connectivity index (χ1) is 9.60. The molecule has 0 saturated heterocycles. The van der Waals surface area contributed by atoms with Gasteiger partial charge in [0.05, 0.1) is 12.2 Å². The van der Waals surface area contributed by atoms with E-state index in [1.165, 1.54) is 0 Å². The SMILES string of the molecule is O=C(CN1CC(=O)Oc2ccc(Cl)cc21)NCCCO. The number of nitrogens with one attached hydrogen (secondary N) is 1. The van der Waals surface area contributed by atoms with Gasteiger partial charge in [-0.15, -0.1) is 0 Å². The lowest BCUT2D eigenvalue weighted by molar-refractivity contribution is -0.133. The van der Waals surface area contributed by atoms with E-state index in [1.807, 2.05) is 0 Å². The maximum Gasteiger partial charge on any atom is 0.331 e. The Hall–Kier alpha value is -1.79. The second kappa shape index (κ2) is 6.58. The zero-order valence-electron chi connectivity index (χ0n) is 10.8. The van der Waals surface area contributed by atoms with E-state index in [-0.39, 0.29) is 25.6 Å². The molecule has 1 aliphatic heterocycles. The first-order valence-corrected chi connectivity index (χ1v) is 6.60. The number of rotatable bonds is 5. The van der Waals surface area contributed by atoms with Crippen molar-refractivity contribution in [3.05, 3.63) is 23.2 Å². The van der Waals surface area contributed by atoms with Gasteiger partial charge in [-0.1, -0.05) is 11.6 Å². The molecular weight excluding hydrogens is 284 g/mol. The molecular formula is C13H15ClN2O4. The Balaban J connectivity index is 2.07. The van der Waals surface area contributed by atoms with E-state index in [4.69, 9.17) is 21.4 Å². The summed E-state index contributed by atoms with van der Waals surface area (Å²) in [6.45, 7) is 0.458. The first-order valence-electron chi connectivity index (χ1n) is 6.23. The van der Waals surface area contributed by atoms with Gasteiger partial charge in [0.25, 0.3) is 0 Å². The normalized spacial score (nSPS) is 13.7. The van der Waals surface area contributed by atoms with E-state index in [9.17, 15) is 9.59 Å². The molecule has 1 heterocycles. The van der Waals surface area contributed by atoms with Crippen LogP contribution in [0.5, 0.6) is 5.75 Å². The molecule has 1 aromatic rings. The van der Waals surface area contributed by atoms with Crippen LogP contribution in [-0.2, 0) is 9.59 Å². The molecule has 108 valence electrons. The third-order valence-corrected chi connectivity index (χ3v) is 3.03. The fourth-order valence-electron chi connectivity index (χ4n) is 1.90. The summed E-state index contributed by atoms with van der Waals surface area (Å²) in [5.74, 6) is -0.240. The van der Waals surface area contributed by atoms with Crippen molar-refractivity contribution in [1.82, 2.24) is 5.32 Å². The molecule has 0 aliphatic carbocycles. The minimum absolute atomic E-state index is 0.000756. The Morgan fingerprint density at radius 2 is 2.30 bits per heavy atom. The average molecular weight is 299 g/mol. The second-order valence-corrected chi connectivity index (χ2v) is 4.81. The molecule has 2 rings (SSSR count). The number of ether oxygens (including phenoxy) is 1. The van der Waals surface area contributed by atoms with Crippen LogP contribution >= 0.6 is 11.6 Å². The molecule has 2 N–H and O–H groups in total. The number of hydrogen-bond donors (Lipinski definition) is 2. The van der Waals surface area contributed by atoms with Gasteiger partial charge in [-0.2, -0.15) is 0 Å². The Morgan fingerprint density at radius 1 is 1.50 bits per heavy atom. The first kappa shape index (κ1) is 14.6. The van der Waals surface area contributed by atoms with Crippen LogP contribution in [0.15, 0.2) is 18.2 Å². The molecule has 0 spiro atoms. The quantitative estimate of drug-likeness (QED) is 0.472. The lowest BCUT2D eigenvalue weighted by atomic mass is 10.2. The molecule has 6 nitrogen and oxygen atoms in total. The number of carbonyl (C=O) groups is 2. The van der Waals surface area contributed by atoms with Crippen molar-refractivity contribution in [2.45, 2.75) is 6.42 Å². The van der Waals surface area contributed by atoms with Crippen molar-refractivity contribution in [2.24, 2.45) is 0 Å². The van der Waals surface area contributed by atoms with Crippen LogP contribution < -0.4 is 15.0 Å². The topological polar surface area (TPSA) is 78.9 Å². The van der Waals surface area contributed by atoms with Crippen LogP contribution in [0, 0.1) is 0 Å². The fourth-order valence-corrected chi connectivity index (χ4v) is 2.06. The molecule has 20 heavy (non-hydrogen) atoms. The van der Waals surface area contributed by atoms with Crippen molar-refractivity contribution in [2.75, 3.05) is 31.1 Å². The van der Waals surface area contributed by atoms with Gasteiger partial charge < -0.3 is 20.1 Å². The Bertz CT molecular complexity index is 521. The number of benzene rings is 1. The summed E-state index contributed by atoms with van der Waals surface area (Å²) in [6.07, 6.45) is 0.496. The number of aliphatic hydroxyl groups is 1. The van der Waals surface area contributed by atoms with Gasteiger partial charge in [-0.05, 0) is 24.6 Å². The van der Waals surface area contributed by atoms with E-state index >= 15 is 0 Å². The highest BCUT2D eigenvalue weighted by Gasteiger charge is 2.25. The Kier molecular flexibility index (Phi) is 4.81. The van der Waals surface area contributed by atoms with Crippen molar-refractivity contribution in [1.29, 1.82) is 0 Å². The van der Waals surface area contributed by atoms with Gasteiger partial charge in [0, 0.05) is 18.2 Å². The maximum absolute atomic E-state index is 11.8. The van der Waals surface area contributed by atoms with E-state index in [0.717, 1.165) is 0 Å². The molecule has 7 heteroatoms. The summed E-state index contributed by atoms with van der Waals surface area (Å²) in [6, 6.07) is 4.88. The lowest BCUT2D eigenvalue weighted by Crippen LogP contribution is -2.43. The number of carbonyl (C=O) groups excluding carboxylic acids is 2. The van der Waals surface area contributed by atoms with E-state index < -0.39 is 5.97 Å².